The first kappa shape index (κ1) is 23.5. The predicted octanol–water partition coefficient (Wildman–Crippen LogP) is 5.60. The lowest BCUT2D eigenvalue weighted by Gasteiger charge is -2.18. The second-order valence-corrected chi connectivity index (χ2v) is 9.90. The van der Waals surface area contributed by atoms with E-state index in [0.29, 0.717) is 16.8 Å². The first-order chi connectivity index (χ1) is 15.1. The van der Waals surface area contributed by atoms with Gasteiger partial charge in [0.25, 0.3) is 15.9 Å². The van der Waals surface area contributed by atoms with Crippen molar-refractivity contribution in [2.75, 3.05) is 4.72 Å². The summed E-state index contributed by atoms with van der Waals surface area (Å²) in [5.41, 5.74) is 5.47. The van der Waals surface area contributed by atoms with Crippen LogP contribution in [-0.4, -0.2) is 14.3 Å². The molecule has 0 aliphatic heterocycles. The third-order valence-corrected chi connectivity index (χ3v) is 7.07. The Hall–Kier alpha value is -3.12. The number of aryl methyl sites for hydroxylation is 4. The molecule has 0 spiro atoms. The molecular formula is C26H30N2O3S. The van der Waals surface area contributed by atoms with Crippen molar-refractivity contribution in [2.45, 2.75) is 52.0 Å². The molecule has 32 heavy (non-hydrogen) atoms. The molecule has 3 aromatic rings. The minimum atomic E-state index is -3.86. The van der Waals surface area contributed by atoms with E-state index in [1.807, 2.05) is 64.1 Å². The highest BCUT2D eigenvalue weighted by Gasteiger charge is 2.21. The maximum Gasteiger partial charge on any atom is 0.262 e. The second kappa shape index (κ2) is 9.57. The number of anilines is 1. The monoisotopic (exact) mass is 450 g/mol. The number of carbonyl (C=O) groups is 1. The van der Waals surface area contributed by atoms with Crippen LogP contribution in [0.4, 0.5) is 5.69 Å². The quantitative estimate of drug-likeness (QED) is 0.492. The fraction of sp³-hybridized carbons (Fsp3) is 0.269. The zero-order valence-corrected chi connectivity index (χ0v) is 20.0. The summed E-state index contributed by atoms with van der Waals surface area (Å²) in [7, 11) is -3.86. The normalized spacial score (nSPS) is 12.3. The molecule has 0 aliphatic rings. The number of benzene rings is 3. The molecule has 5 nitrogen and oxygen atoms in total. The standard InChI is InChI=1S/C26H30N2O3S/c1-6-23(21-11-7-17(2)8-12-21)27-26(29)22-13-10-19(4)25(16-22)32(30,31)28-24-14-9-18(3)15-20(24)5/h7-16,23,28H,6H2,1-5H3,(H,27,29)/t23-/m0/s1. The predicted molar refractivity (Wildman–Crippen MR) is 130 cm³/mol. The molecule has 0 heterocycles. The van der Waals surface area contributed by atoms with Crippen molar-refractivity contribution in [3.05, 3.63) is 94.0 Å². The summed E-state index contributed by atoms with van der Waals surface area (Å²) in [6.07, 6.45) is 0.722. The van der Waals surface area contributed by atoms with Gasteiger partial charge < -0.3 is 5.32 Å². The zero-order valence-electron chi connectivity index (χ0n) is 19.2. The Labute approximate surface area is 190 Å². The average molecular weight is 451 g/mol. The molecule has 168 valence electrons. The van der Waals surface area contributed by atoms with Crippen molar-refractivity contribution in [1.29, 1.82) is 0 Å². The highest BCUT2D eigenvalue weighted by Crippen LogP contribution is 2.24. The van der Waals surface area contributed by atoms with Crippen LogP contribution < -0.4 is 10.0 Å². The van der Waals surface area contributed by atoms with Gasteiger partial charge in [-0.25, -0.2) is 8.42 Å². The van der Waals surface area contributed by atoms with Crippen LogP contribution in [0.3, 0.4) is 0 Å². The molecule has 0 fully saturated rings. The fourth-order valence-electron chi connectivity index (χ4n) is 3.62. The molecule has 0 radical (unpaired) electrons. The largest absolute Gasteiger partial charge is 0.345 e. The Morgan fingerprint density at radius 3 is 2.12 bits per heavy atom. The molecule has 0 bridgehead atoms. The fourth-order valence-corrected chi connectivity index (χ4v) is 5.02. The summed E-state index contributed by atoms with van der Waals surface area (Å²) >= 11 is 0. The number of hydrogen-bond acceptors (Lipinski definition) is 3. The highest BCUT2D eigenvalue weighted by atomic mass is 32.2. The lowest BCUT2D eigenvalue weighted by molar-refractivity contribution is 0.0935. The maximum atomic E-state index is 13.1. The molecular weight excluding hydrogens is 420 g/mol. The minimum absolute atomic E-state index is 0.0912. The van der Waals surface area contributed by atoms with Gasteiger partial charge in [-0.15, -0.1) is 0 Å². The summed E-state index contributed by atoms with van der Waals surface area (Å²) in [5, 5.41) is 3.03. The summed E-state index contributed by atoms with van der Waals surface area (Å²) in [4.78, 5) is 13.1. The summed E-state index contributed by atoms with van der Waals surface area (Å²) in [6, 6.07) is 18.2. The summed E-state index contributed by atoms with van der Waals surface area (Å²) in [6.45, 7) is 9.56. The summed E-state index contributed by atoms with van der Waals surface area (Å²) < 4.78 is 28.9. The first-order valence-corrected chi connectivity index (χ1v) is 12.2. The van der Waals surface area contributed by atoms with Gasteiger partial charge >= 0.3 is 0 Å². The van der Waals surface area contributed by atoms with Crippen LogP contribution in [0, 0.1) is 27.7 Å². The Bertz CT molecular complexity index is 1230. The van der Waals surface area contributed by atoms with E-state index in [9.17, 15) is 13.2 Å². The number of hydrogen-bond donors (Lipinski definition) is 2. The van der Waals surface area contributed by atoms with E-state index in [0.717, 1.165) is 28.7 Å². The smallest absolute Gasteiger partial charge is 0.262 e. The molecule has 0 unspecified atom stereocenters. The van der Waals surface area contributed by atoms with Crippen LogP contribution in [0.5, 0.6) is 0 Å². The van der Waals surface area contributed by atoms with Gasteiger partial charge in [-0.2, -0.15) is 0 Å². The van der Waals surface area contributed by atoms with Crippen molar-refractivity contribution in [3.8, 4) is 0 Å². The van der Waals surface area contributed by atoms with Crippen LogP contribution in [-0.2, 0) is 10.0 Å². The Balaban J connectivity index is 1.86. The van der Waals surface area contributed by atoms with Gasteiger partial charge in [0, 0.05) is 5.56 Å². The number of amides is 1. The Kier molecular flexibility index (Phi) is 7.04. The number of sulfonamides is 1. The van der Waals surface area contributed by atoms with E-state index in [1.165, 1.54) is 6.07 Å². The van der Waals surface area contributed by atoms with Crippen LogP contribution >= 0.6 is 0 Å². The Morgan fingerprint density at radius 1 is 0.844 bits per heavy atom. The van der Waals surface area contributed by atoms with Crippen molar-refractivity contribution < 1.29 is 13.2 Å². The average Bonchev–Trinajstić information content (AvgIpc) is 2.74. The van der Waals surface area contributed by atoms with E-state index < -0.39 is 10.0 Å². The molecule has 1 amide bonds. The minimum Gasteiger partial charge on any atom is -0.345 e. The number of carbonyl (C=O) groups excluding carboxylic acids is 1. The summed E-state index contributed by atoms with van der Waals surface area (Å²) in [5.74, 6) is -0.305. The molecule has 6 heteroatoms. The SMILES string of the molecule is CC[C@H](NC(=O)c1ccc(C)c(S(=O)(=O)Nc2ccc(C)cc2C)c1)c1ccc(C)cc1. The van der Waals surface area contributed by atoms with Gasteiger partial charge in [-0.3, -0.25) is 9.52 Å². The van der Waals surface area contributed by atoms with Gasteiger partial charge in [0.15, 0.2) is 0 Å². The van der Waals surface area contributed by atoms with Gasteiger partial charge in [0.1, 0.15) is 0 Å². The molecule has 0 saturated heterocycles. The molecule has 0 aliphatic carbocycles. The molecule has 3 aromatic carbocycles. The molecule has 3 rings (SSSR count). The van der Waals surface area contributed by atoms with Crippen molar-refractivity contribution >= 4 is 21.6 Å². The van der Waals surface area contributed by atoms with Crippen LogP contribution in [0.1, 0.15) is 57.6 Å². The van der Waals surface area contributed by atoms with Crippen molar-refractivity contribution in [3.63, 3.8) is 0 Å². The molecule has 0 saturated carbocycles. The third-order valence-electron chi connectivity index (χ3n) is 5.56. The van der Waals surface area contributed by atoms with Gasteiger partial charge in [0.05, 0.1) is 16.6 Å². The van der Waals surface area contributed by atoms with E-state index in [4.69, 9.17) is 0 Å². The van der Waals surface area contributed by atoms with Crippen molar-refractivity contribution in [1.82, 2.24) is 5.32 Å². The maximum absolute atomic E-state index is 13.1. The first-order valence-electron chi connectivity index (χ1n) is 10.7. The van der Waals surface area contributed by atoms with Crippen molar-refractivity contribution in [2.24, 2.45) is 0 Å². The zero-order chi connectivity index (χ0) is 23.5. The number of rotatable bonds is 7. The van der Waals surface area contributed by atoms with E-state index in [-0.39, 0.29) is 16.8 Å². The van der Waals surface area contributed by atoms with Crippen LogP contribution in [0.2, 0.25) is 0 Å². The van der Waals surface area contributed by atoms with E-state index in [1.54, 1.807) is 25.1 Å². The highest BCUT2D eigenvalue weighted by molar-refractivity contribution is 7.92. The van der Waals surface area contributed by atoms with Gasteiger partial charge in [0.2, 0.25) is 0 Å². The van der Waals surface area contributed by atoms with Gasteiger partial charge in [-0.05, 0) is 69.0 Å². The lowest BCUT2D eigenvalue weighted by atomic mass is 10.0. The number of nitrogens with one attached hydrogen (secondary N) is 2. The van der Waals surface area contributed by atoms with Crippen LogP contribution in [0.25, 0.3) is 0 Å². The molecule has 2 N–H and O–H groups in total. The van der Waals surface area contributed by atoms with Gasteiger partial charge in [-0.1, -0.05) is 60.5 Å². The van der Waals surface area contributed by atoms with E-state index >= 15 is 0 Å². The second-order valence-electron chi connectivity index (χ2n) is 8.25. The molecule has 1 atom stereocenters. The van der Waals surface area contributed by atoms with Crippen LogP contribution in [0.15, 0.2) is 65.6 Å². The topological polar surface area (TPSA) is 75.3 Å². The molecule has 0 aromatic heterocycles. The Morgan fingerprint density at radius 2 is 1.50 bits per heavy atom. The van der Waals surface area contributed by atoms with E-state index in [2.05, 4.69) is 10.0 Å². The third kappa shape index (κ3) is 5.37. The lowest BCUT2D eigenvalue weighted by Crippen LogP contribution is -2.28.